The number of esters is 3. The van der Waals surface area contributed by atoms with E-state index in [1.165, 1.54) is 64.2 Å². The molecule has 1 unspecified atom stereocenters. The van der Waals surface area contributed by atoms with Crippen molar-refractivity contribution in [2.45, 2.75) is 226 Å². The molecule has 0 N–H and O–H groups in total. The first-order chi connectivity index (χ1) is 32.5. The Hall–Kier alpha value is -4.19. The topological polar surface area (TPSA) is 78.9 Å². The van der Waals surface area contributed by atoms with Gasteiger partial charge in [0.05, 0.1) is 0 Å². The molecule has 0 aliphatic heterocycles. The van der Waals surface area contributed by atoms with Crippen molar-refractivity contribution in [2.24, 2.45) is 0 Å². The number of hydrogen-bond donors (Lipinski definition) is 0. The minimum absolute atomic E-state index is 0.104. The molecule has 66 heavy (non-hydrogen) atoms. The lowest BCUT2D eigenvalue weighted by Gasteiger charge is -2.18. The molecule has 0 amide bonds. The van der Waals surface area contributed by atoms with Crippen molar-refractivity contribution < 1.29 is 28.6 Å². The van der Waals surface area contributed by atoms with E-state index in [4.69, 9.17) is 14.2 Å². The minimum atomic E-state index is -0.809. The third kappa shape index (κ3) is 50.8. The fourth-order valence-corrected chi connectivity index (χ4v) is 6.93. The predicted octanol–water partition coefficient (Wildman–Crippen LogP) is 17.7. The first-order valence-corrected chi connectivity index (χ1v) is 26.6. The van der Waals surface area contributed by atoms with Gasteiger partial charge in [0.15, 0.2) is 6.10 Å². The first-order valence-electron chi connectivity index (χ1n) is 26.6. The second-order valence-electron chi connectivity index (χ2n) is 17.1. The van der Waals surface area contributed by atoms with E-state index < -0.39 is 6.10 Å². The van der Waals surface area contributed by atoms with Crippen LogP contribution in [0.25, 0.3) is 0 Å². The lowest BCUT2D eigenvalue weighted by Crippen LogP contribution is -2.30. The predicted molar refractivity (Wildman–Crippen MR) is 283 cm³/mol. The van der Waals surface area contributed by atoms with Crippen molar-refractivity contribution in [3.05, 3.63) is 122 Å². The van der Waals surface area contributed by atoms with E-state index in [2.05, 4.69) is 93.7 Å². The summed E-state index contributed by atoms with van der Waals surface area (Å²) in [5.74, 6) is -0.965. The highest BCUT2D eigenvalue weighted by molar-refractivity contribution is 5.71. The minimum Gasteiger partial charge on any atom is -0.462 e. The van der Waals surface area contributed by atoms with Crippen molar-refractivity contribution in [1.29, 1.82) is 0 Å². The summed E-state index contributed by atoms with van der Waals surface area (Å²) in [5.41, 5.74) is 0. The van der Waals surface area contributed by atoms with Crippen molar-refractivity contribution >= 4 is 17.9 Å². The normalized spacial score (nSPS) is 13.1. The van der Waals surface area contributed by atoms with E-state index in [1.807, 2.05) is 48.6 Å². The Kier molecular flexibility index (Phi) is 50.0. The average Bonchev–Trinajstić information content (AvgIpc) is 3.31. The quantitative estimate of drug-likeness (QED) is 0.0199. The van der Waals surface area contributed by atoms with Crippen LogP contribution in [-0.4, -0.2) is 37.2 Å². The van der Waals surface area contributed by atoms with Crippen LogP contribution < -0.4 is 0 Å². The third-order valence-corrected chi connectivity index (χ3v) is 10.8. The summed E-state index contributed by atoms with van der Waals surface area (Å²) in [4.78, 5) is 38.1. The van der Waals surface area contributed by atoms with E-state index in [0.717, 1.165) is 109 Å². The summed E-state index contributed by atoms with van der Waals surface area (Å²) in [6.45, 7) is 6.22. The molecule has 6 nitrogen and oxygen atoms in total. The molecule has 6 heteroatoms. The highest BCUT2D eigenvalue weighted by Gasteiger charge is 2.19. The first kappa shape index (κ1) is 61.8. The average molecular weight is 913 g/mol. The van der Waals surface area contributed by atoms with Gasteiger partial charge in [-0.05, 0) is 96.3 Å². The molecule has 0 fully saturated rings. The highest BCUT2D eigenvalue weighted by atomic mass is 16.6. The van der Waals surface area contributed by atoms with Gasteiger partial charge in [0.1, 0.15) is 13.2 Å². The van der Waals surface area contributed by atoms with Crippen LogP contribution in [0.1, 0.15) is 220 Å². The van der Waals surface area contributed by atoms with Gasteiger partial charge in [0.2, 0.25) is 0 Å². The zero-order valence-electron chi connectivity index (χ0n) is 42.4. The number of carbonyl (C=O) groups is 3. The van der Waals surface area contributed by atoms with Gasteiger partial charge >= 0.3 is 17.9 Å². The van der Waals surface area contributed by atoms with Crippen molar-refractivity contribution in [1.82, 2.24) is 0 Å². The molecule has 0 aromatic carbocycles. The van der Waals surface area contributed by atoms with E-state index in [9.17, 15) is 14.4 Å². The summed E-state index contributed by atoms with van der Waals surface area (Å²) in [7, 11) is 0. The molecular formula is C60H96O6. The third-order valence-electron chi connectivity index (χ3n) is 10.8. The summed E-state index contributed by atoms with van der Waals surface area (Å²) < 4.78 is 16.8. The van der Waals surface area contributed by atoms with Gasteiger partial charge < -0.3 is 14.2 Å². The van der Waals surface area contributed by atoms with Crippen molar-refractivity contribution in [3.63, 3.8) is 0 Å². The summed E-state index contributed by atoms with van der Waals surface area (Å²) in [6, 6.07) is 0. The molecule has 0 saturated carbocycles. The Labute approximate surface area is 405 Å². The summed E-state index contributed by atoms with van der Waals surface area (Å²) in [5, 5.41) is 0. The van der Waals surface area contributed by atoms with Crippen molar-refractivity contribution in [3.8, 4) is 0 Å². The molecule has 0 aliphatic rings. The summed E-state index contributed by atoms with van der Waals surface area (Å²) >= 11 is 0. The Morgan fingerprint density at radius 3 is 1.05 bits per heavy atom. The van der Waals surface area contributed by atoms with Crippen LogP contribution in [-0.2, 0) is 28.6 Å². The SMILES string of the molecule is CC\C=C/C=C\C=C/C=C\C=C/CCCCCC(=O)OC(COC(=O)CCCCCCCCC/C=C\C/C=C\CC)COC(=O)CCCCCCCCCCC/C=C\C/C=C\C/C=C\CC. The van der Waals surface area contributed by atoms with Gasteiger partial charge in [-0.2, -0.15) is 0 Å². The number of rotatable bonds is 46. The second-order valence-corrected chi connectivity index (χ2v) is 17.1. The second kappa shape index (κ2) is 53.4. The standard InChI is InChI=1S/C60H96O6/c1-4-7-10-13-16-19-22-25-28-29-30-31-33-35-38-41-44-47-50-53-59(62)65-56-57(55-64-58(61)52-49-46-43-40-37-34-27-24-21-18-15-12-9-6-3)66-60(63)54-51-48-45-42-39-36-32-26-23-20-17-14-11-8-5-2/h7-12,14,16-21,23,25-26,28,32,36,39,57H,4-6,13,15,22,24,27,29-31,33-35,37-38,40-56H2,1-3H3/b10-7-,11-8-,12-9-,17-14-,19-16-,21-18-,23-20-,28-25-,32-26-,39-36-. The summed E-state index contributed by atoms with van der Waals surface area (Å²) in [6.07, 6.45) is 73.2. The van der Waals surface area contributed by atoms with Gasteiger partial charge in [0, 0.05) is 19.3 Å². The van der Waals surface area contributed by atoms with E-state index in [0.29, 0.717) is 19.3 Å². The number of hydrogen-bond acceptors (Lipinski definition) is 6. The maximum absolute atomic E-state index is 12.8. The molecule has 0 aromatic rings. The zero-order chi connectivity index (χ0) is 47.9. The van der Waals surface area contributed by atoms with Crippen LogP contribution in [0, 0.1) is 0 Å². The van der Waals surface area contributed by atoms with Gasteiger partial charge in [0.25, 0.3) is 0 Å². The molecule has 0 heterocycles. The van der Waals surface area contributed by atoms with E-state index in [-0.39, 0.29) is 37.5 Å². The fourth-order valence-electron chi connectivity index (χ4n) is 6.93. The molecule has 0 aliphatic carbocycles. The Morgan fingerprint density at radius 1 is 0.318 bits per heavy atom. The van der Waals surface area contributed by atoms with Crippen LogP contribution >= 0.6 is 0 Å². The Morgan fingerprint density at radius 2 is 0.621 bits per heavy atom. The molecule has 0 saturated heterocycles. The molecule has 0 aromatic heterocycles. The molecule has 1 atom stereocenters. The Balaban J connectivity index is 4.47. The number of carbonyl (C=O) groups excluding carboxylic acids is 3. The van der Waals surface area contributed by atoms with Crippen LogP contribution in [0.15, 0.2) is 122 Å². The van der Waals surface area contributed by atoms with Crippen LogP contribution in [0.3, 0.4) is 0 Å². The highest BCUT2D eigenvalue weighted by Crippen LogP contribution is 2.14. The maximum Gasteiger partial charge on any atom is 0.306 e. The van der Waals surface area contributed by atoms with Crippen molar-refractivity contribution in [2.75, 3.05) is 13.2 Å². The number of unbranched alkanes of at least 4 members (excludes halogenated alkanes) is 19. The number of allylic oxidation sites excluding steroid dienone is 20. The monoisotopic (exact) mass is 913 g/mol. The van der Waals surface area contributed by atoms with Crippen LogP contribution in [0.5, 0.6) is 0 Å². The van der Waals surface area contributed by atoms with Gasteiger partial charge in [-0.3, -0.25) is 14.4 Å². The van der Waals surface area contributed by atoms with Gasteiger partial charge in [-0.1, -0.05) is 226 Å². The molecule has 0 radical (unpaired) electrons. The molecule has 0 spiro atoms. The van der Waals surface area contributed by atoms with E-state index >= 15 is 0 Å². The molecular weight excluding hydrogens is 817 g/mol. The zero-order valence-corrected chi connectivity index (χ0v) is 42.4. The largest absolute Gasteiger partial charge is 0.462 e. The maximum atomic E-state index is 12.8. The lowest BCUT2D eigenvalue weighted by molar-refractivity contribution is -0.167. The van der Waals surface area contributed by atoms with E-state index in [1.54, 1.807) is 0 Å². The molecule has 0 rings (SSSR count). The number of ether oxygens (including phenoxy) is 3. The lowest BCUT2D eigenvalue weighted by atomic mass is 10.1. The smallest absolute Gasteiger partial charge is 0.306 e. The van der Waals surface area contributed by atoms with Crippen LogP contribution in [0.4, 0.5) is 0 Å². The Bertz CT molecular complexity index is 1420. The van der Waals surface area contributed by atoms with Gasteiger partial charge in [-0.25, -0.2) is 0 Å². The van der Waals surface area contributed by atoms with Crippen LogP contribution in [0.2, 0.25) is 0 Å². The van der Waals surface area contributed by atoms with Gasteiger partial charge in [-0.15, -0.1) is 0 Å². The molecule has 0 bridgehead atoms. The fraction of sp³-hybridized carbons (Fsp3) is 0.617. The molecule has 372 valence electrons.